The van der Waals surface area contributed by atoms with Gasteiger partial charge in [0, 0.05) is 0 Å². The molecule has 2 heteroatoms. The number of allylic oxidation sites excluding steroid dienone is 1. The van der Waals surface area contributed by atoms with E-state index in [2.05, 4.69) is 6.08 Å². The largest absolute Gasteiger partial charge is 0.384 e. The quantitative estimate of drug-likeness (QED) is 0.736. The summed E-state index contributed by atoms with van der Waals surface area (Å²) in [6.45, 7) is 1.72. The fourth-order valence-electron chi connectivity index (χ4n) is 1.94. The summed E-state index contributed by atoms with van der Waals surface area (Å²) >= 11 is 0. The number of halogens is 1. The van der Waals surface area contributed by atoms with Gasteiger partial charge in [-0.25, -0.2) is 4.39 Å². The predicted molar refractivity (Wildman–Crippen MR) is 58.0 cm³/mol. The SMILES string of the molecule is Cc1ccc(C(O)C2=CCCC2)cc1F. The fraction of sp³-hybridized carbons (Fsp3) is 0.385. The van der Waals surface area contributed by atoms with E-state index in [0.717, 1.165) is 24.8 Å². The highest BCUT2D eigenvalue weighted by Gasteiger charge is 2.16. The molecule has 0 bridgehead atoms. The van der Waals surface area contributed by atoms with Gasteiger partial charge in [-0.3, -0.25) is 0 Å². The number of aliphatic hydroxyl groups excluding tert-OH is 1. The van der Waals surface area contributed by atoms with Crippen LogP contribution >= 0.6 is 0 Å². The van der Waals surface area contributed by atoms with E-state index in [0.29, 0.717) is 11.1 Å². The van der Waals surface area contributed by atoms with E-state index in [1.54, 1.807) is 19.1 Å². The molecule has 0 aromatic heterocycles. The number of hydrogen-bond donors (Lipinski definition) is 1. The maximum Gasteiger partial charge on any atom is 0.126 e. The van der Waals surface area contributed by atoms with Gasteiger partial charge in [-0.1, -0.05) is 18.2 Å². The molecule has 0 aliphatic heterocycles. The zero-order chi connectivity index (χ0) is 10.8. The van der Waals surface area contributed by atoms with E-state index in [1.807, 2.05) is 0 Å². The van der Waals surface area contributed by atoms with Crippen molar-refractivity contribution in [1.29, 1.82) is 0 Å². The van der Waals surface area contributed by atoms with Crippen molar-refractivity contribution >= 4 is 0 Å². The molecular formula is C13H15FO. The average molecular weight is 206 g/mol. The average Bonchev–Trinajstić information content (AvgIpc) is 2.74. The van der Waals surface area contributed by atoms with E-state index in [4.69, 9.17) is 0 Å². The number of aliphatic hydroxyl groups is 1. The molecule has 1 aliphatic rings. The van der Waals surface area contributed by atoms with Crippen molar-refractivity contribution in [1.82, 2.24) is 0 Å². The molecule has 15 heavy (non-hydrogen) atoms. The summed E-state index contributed by atoms with van der Waals surface area (Å²) < 4.78 is 13.3. The van der Waals surface area contributed by atoms with Crippen LogP contribution in [0.25, 0.3) is 0 Å². The van der Waals surface area contributed by atoms with E-state index in [9.17, 15) is 9.50 Å². The number of benzene rings is 1. The van der Waals surface area contributed by atoms with E-state index < -0.39 is 6.10 Å². The Hall–Kier alpha value is -1.15. The van der Waals surface area contributed by atoms with Gasteiger partial charge in [0.1, 0.15) is 11.9 Å². The van der Waals surface area contributed by atoms with Crippen LogP contribution in [-0.2, 0) is 0 Å². The second-order valence-corrected chi connectivity index (χ2v) is 4.08. The summed E-state index contributed by atoms with van der Waals surface area (Å²) in [5.41, 5.74) is 2.30. The van der Waals surface area contributed by atoms with Crippen LogP contribution in [0.3, 0.4) is 0 Å². The van der Waals surface area contributed by atoms with Crippen molar-refractivity contribution in [2.75, 3.05) is 0 Å². The van der Waals surface area contributed by atoms with Gasteiger partial charge in [-0.2, -0.15) is 0 Å². The van der Waals surface area contributed by atoms with Crippen molar-refractivity contribution in [3.05, 3.63) is 46.8 Å². The Kier molecular flexibility index (Phi) is 2.87. The van der Waals surface area contributed by atoms with Gasteiger partial charge in [-0.05, 0) is 49.0 Å². The molecule has 2 rings (SSSR count). The minimum Gasteiger partial charge on any atom is -0.384 e. The van der Waals surface area contributed by atoms with Crippen LogP contribution in [0.4, 0.5) is 4.39 Å². The first kappa shape index (κ1) is 10.4. The molecule has 0 fully saturated rings. The Morgan fingerprint density at radius 3 is 2.80 bits per heavy atom. The molecular weight excluding hydrogens is 191 g/mol. The normalized spacial score (nSPS) is 17.7. The second kappa shape index (κ2) is 4.15. The number of aryl methyl sites for hydroxylation is 1. The first-order chi connectivity index (χ1) is 7.18. The van der Waals surface area contributed by atoms with Gasteiger partial charge < -0.3 is 5.11 Å². The van der Waals surface area contributed by atoms with Crippen molar-refractivity contribution in [2.45, 2.75) is 32.3 Å². The molecule has 80 valence electrons. The summed E-state index contributed by atoms with van der Waals surface area (Å²) in [6, 6.07) is 4.94. The zero-order valence-corrected chi connectivity index (χ0v) is 8.83. The summed E-state index contributed by atoms with van der Waals surface area (Å²) in [5, 5.41) is 10.0. The molecule has 1 aromatic rings. The molecule has 0 amide bonds. The Morgan fingerprint density at radius 1 is 1.40 bits per heavy atom. The molecule has 0 radical (unpaired) electrons. The smallest absolute Gasteiger partial charge is 0.126 e. The highest BCUT2D eigenvalue weighted by molar-refractivity contribution is 5.30. The van der Waals surface area contributed by atoms with E-state index in [1.165, 1.54) is 6.07 Å². The third-order valence-corrected chi connectivity index (χ3v) is 2.94. The van der Waals surface area contributed by atoms with Crippen LogP contribution < -0.4 is 0 Å². The van der Waals surface area contributed by atoms with Crippen LogP contribution in [0.1, 0.15) is 36.5 Å². The van der Waals surface area contributed by atoms with E-state index >= 15 is 0 Å². The zero-order valence-electron chi connectivity index (χ0n) is 8.83. The lowest BCUT2D eigenvalue weighted by Crippen LogP contribution is -2.00. The monoisotopic (exact) mass is 206 g/mol. The molecule has 0 heterocycles. The Labute approximate surface area is 89.3 Å². The van der Waals surface area contributed by atoms with Crippen LogP contribution in [0.5, 0.6) is 0 Å². The van der Waals surface area contributed by atoms with Gasteiger partial charge in [-0.15, -0.1) is 0 Å². The van der Waals surface area contributed by atoms with E-state index in [-0.39, 0.29) is 5.82 Å². The fourth-order valence-corrected chi connectivity index (χ4v) is 1.94. The third kappa shape index (κ3) is 2.10. The Bertz CT molecular complexity index is 396. The second-order valence-electron chi connectivity index (χ2n) is 4.08. The van der Waals surface area contributed by atoms with Crippen LogP contribution in [-0.4, -0.2) is 5.11 Å². The van der Waals surface area contributed by atoms with Gasteiger partial charge in [0.2, 0.25) is 0 Å². The molecule has 1 N–H and O–H groups in total. The Morgan fingerprint density at radius 2 is 2.20 bits per heavy atom. The van der Waals surface area contributed by atoms with Crippen molar-refractivity contribution in [3.8, 4) is 0 Å². The van der Waals surface area contributed by atoms with Gasteiger partial charge in [0.05, 0.1) is 0 Å². The minimum absolute atomic E-state index is 0.245. The topological polar surface area (TPSA) is 20.2 Å². The summed E-state index contributed by atoms with van der Waals surface area (Å²) in [7, 11) is 0. The maximum atomic E-state index is 13.3. The molecule has 1 aliphatic carbocycles. The molecule has 0 saturated heterocycles. The molecule has 1 nitrogen and oxygen atoms in total. The van der Waals surface area contributed by atoms with Crippen molar-refractivity contribution < 1.29 is 9.50 Å². The summed E-state index contributed by atoms with van der Waals surface area (Å²) in [6.07, 6.45) is 4.49. The molecule has 0 saturated carbocycles. The standard InChI is InChI=1S/C13H15FO/c1-9-6-7-11(8-12(9)14)13(15)10-4-2-3-5-10/h4,6-8,13,15H,2-3,5H2,1H3. The Balaban J connectivity index is 2.25. The van der Waals surface area contributed by atoms with Crippen molar-refractivity contribution in [2.24, 2.45) is 0 Å². The molecule has 1 aromatic carbocycles. The summed E-state index contributed by atoms with van der Waals surface area (Å²) in [4.78, 5) is 0. The van der Waals surface area contributed by atoms with Crippen LogP contribution in [0, 0.1) is 12.7 Å². The molecule has 1 unspecified atom stereocenters. The lowest BCUT2D eigenvalue weighted by molar-refractivity contribution is 0.212. The lowest BCUT2D eigenvalue weighted by Gasteiger charge is -2.12. The molecule has 1 atom stereocenters. The van der Waals surface area contributed by atoms with Gasteiger partial charge in [0.15, 0.2) is 0 Å². The van der Waals surface area contributed by atoms with Crippen molar-refractivity contribution in [3.63, 3.8) is 0 Å². The number of rotatable bonds is 2. The highest BCUT2D eigenvalue weighted by Crippen LogP contribution is 2.30. The highest BCUT2D eigenvalue weighted by atomic mass is 19.1. The van der Waals surface area contributed by atoms with Crippen LogP contribution in [0.2, 0.25) is 0 Å². The molecule has 0 spiro atoms. The third-order valence-electron chi connectivity index (χ3n) is 2.94. The number of hydrogen-bond acceptors (Lipinski definition) is 1. The maximum absolute atomic E-state index is 13.3. The lowest BCUT2D eigenvalue weighted by atomic mass is 10.00. The van der Waals surface area contributed by atoms with Crippen LogP contribution in [0.15, 0.2) is 29.8 Å². The first-order valence-corrected chi connectivity index (χ1v) is 5.31. The van der Waals surface area contributed by atoms with Gasteiger partial charge in [0.25, 0.3) is 0 Å². The predicted octanol–water partition coefficient (Wildman–Crippen LogP) is 3.28. The first-order valence-electron chi connectivity index (χ1n) is 5.31. The summed E-state index contributed by atoms with van der Waals surface area (Å²) in [5.74, 6) is -0.245. The minimum atomic E-state index is -0.623. The van der Waals surface area contributed by atoms with Gasteiger partial charge >= 0.3 is 0 Å².